The third-order valence-electron chi connectivity index (χ3n) is 6.60. The number of ether oxygens (including phenoxy) is 4. The highest BCUT2D eigenvalue weighted by Crippen LogP contribution is 2.45. The lowest BCUT2D eigenvalue weighted by atomic mass is 9.89. The molecule has 0 bridgehead atoms. The third kappa shape index (κ3) is 6.97. The predicted molar refractivity (Wildman–Crippen MR) is 134 cm³/mol. The summed E-state index contributed by atoms with van der Waals surface area (Å²) in [5.41, 5.74) is -2.22. The molecule has 0 aromatic heterocycles. The first-order valence-corrected chi connectivity index (χ1v) is 12.4. The average molecular weight is 593 g/mol. The fourth-order valence-electron chi connectivity index (χ4n) is 4.85. The zero-order chi connectivity index (χ0) is 30.7. The summed E-state index contributed by atoms with van der Waals surface area (Å²) in [6, 6.07) is 2.76. The quantitative estimate of drug-likeness (QED) is 0.324. The van der Waals surface area contributed by atoms with E-state index < -0.39 is 59.9 Å². The molecule has 0 aliphatic carbocycles. The Morgan fingerprint density at radius 3 is 2.07 bits per heavy atom. The minimum Gasteiger partial charge on any atom is -0.496 e. The Kier molecular flexibility index (Phi) is 9.67. The molecule has 0 spiro atoms. The van der Waals surface area contributed by atoms with Crippen LogP contribution in [0.2, 0.25) is 0 Å². The van der Waals surface area contributed by atoms with Crippen LogP contribution < -0.4 is 9.64 Å². The maximum atomic E-state index is 13.5. The molecule has 8 nitrogen and oxygen atoms in total. The van der Waals surface area contributed by atoms with E-state index in [1.165, 1.54) is 19.1 Å². The Hall–Kier alpha value is -3.68. The standard InChI is InChI=1S/C27H30F6N2O6/c1-6-41-25(37)35-15(2)7-21(20-12-23(39-4)17(14-38-3)10-22(20)35)34(24(36)40-5)13-16-8-18(26(28,29)30)11-19(9-16)27(31,32)33/h8-12,15,21H,6-7,13-14H2,1-5H3/t15-,21+/m1/s1. The summed E-state index contributed by atoms with van der Waals surface area (Å²) in [7, 11) is 3.89. The second-order valence-electron chi connectivity index (χ2n) is 9.34. The van der Waals surface area contributed by atoms with Crippen molar-refractivity contribution in [3.05, 3.63) is 58.1 Å². The number of alkyl halides is 6. The second kappa shape index (κ2) is 12.5. The molecule has 14 heteroatoms. The molecule has 0 saturated heterocycles. The number of rotatable bonds is 7. The van der Waals surface area contributed by atoms with Gasteiger partial charge in [-0.1, -0.05) is 0 Å². The summed E-state index contributed by atoms with van der Waals surface area (Å²) < 4.78 is 102. The minimum absolute atomic E-state index is 0.0172. The number of anilines is 1. The maximum absolute atomic E-state index is 13.5. The minimum atomic E-state index is -5.07. The Balaban J connectivity index is 2.21. The normalized spacial score (nSPS) is 17.1. The summed E-state index contributed by atoms with van der Waals surface area (Å²) in [6.07, 6.45) is -11.8. The molecule has 226 valence electrons. The van der Waals surface area contributed by atoms with E-state index in [1.807, 2.05) is 0 Å². The number of carbonyl (C=O) groups is 2. The Morgan fingerprint density at radius 2 is 1.59 bits per heavy atom. The van der Waals surface area contributed by atoms with Gasteiger partial charge in [-0.15, -0.1) is 0 Å². The van der Waals surface area contributed by atoms with Crippen LogP contribution in [0.25, 0.3) is 0 Å². The van der Waals surface area contributed by atoms with Crippen LogP contribution >= 0.6 is 0 Å². The van der Waals surface area contributed by atoms with Crippen LogP contribution in [0.3, 0.4) is 0 Å². The average Bonchev–Trinajstić information content (AvgIpc) is 2.89. The first-order valence-electron chi connectivity index (χ1n) is 12.4. The molecule has 2 amide bonds. The molecule has 2 atom stereocenters. The van der Waals surface area contributed by atoms with E-state index in [2.05, 4.69) is 0 Å². The van der Waals surface area contributed by atoms with E-state index in [9.17, 15) is 35.9 Å². The lowest BCUT2D eigenvalue weighted by molar-refractivity contribution is -0.143. The molecule has 3 rings (SSSR count). The van der Waals surface area contributed by atoms with E-state index in [0.717, 1.165) is 12.0 Å². The van der Waals surface area contributed by atoms with Gasteiger partial charge in [-0.2, -0.15) is 26.3 Å². The van der Waals surface area contributed by atoms with Crippen LogP contribution in [0.1, 0.15) is 54.1 Å². The van der Waals surface area contributed by atoms with Gasteiger partial charge < -0.3 is 18.9 Å². The zero-order valence-electron chi connectivity index (χ0n) is 23.0. The predicted octanol–water partition coefficient (Wildman–Crippen LogP) is 6.94. The maximum Gasteiger partial charge on any atom is 0.416 e. The largest absolute Gasteiger partial charge is 0.496 e. The van der Waals surface area contributed by atoms with Gasteiger partial charge in [0.25, 0.3) is 0 Å². The van der Waals surface area contributed by atoms with Crippen molar-refractivity contribution >= 4 is 17.9 Å². The van der Waals surface area contributed by atoms with E-state index in [0.29, 0.717) is 34.7 Å². The number of halogens is 6. The van der Waals surface area contributed by atoms with Crippen molar-refractivity contribution in [3.63, 3.8) is 0 Å². The molecule has 1 aliphatic rings. The molecule has 2 aromatic rings. The van der Waals surface area contributed by atoms with Crippen LogP contribution in [-0.4, -0.2) is 51.1 Å². The monoisotopic (exact) mass is 592 g/mol. The fourth-order valence-corrected chi connectivity index (χ4v) is 4.85. The molecule has 0 saturated carbocycles. The van der Waals surface area contributed by atoms with Crippen molar-refractivity contribution < 1.29 is 54.9 Å². The molecular formula is C27H30F6N2O6. The van der Waals surface area contributed by atoms with Crippen LogP contribution in [0.15, 0.2) is 30.3 Å². The van der Waals surface area contributed by atoms with Gasteiger partial charge in [-0.25, -0.2) is 9.59 Å². The summed E-state index contributed by atoms with van der Waals surface area (Å²) in [4.78, 5) is 28.4. The highest BCUT2D eigenvalue weighted by molar-refractivity contribution is 5.91. The van der Waals surface area contributed by atoms with E-state index in [4.69, 9.17) is 18.9 Å². The highest BCUT2D eigenvalue weighted by atomic mass is 19.4. The van der Waals surface area contributed by atoms with Crippen molar-refractivity contribution in [2.75, 3.05) is 32.8 Å². The number of methoxy groups -OCH3 is 3. The third-order valence-corrected chi connectivity index (χ3v) is 6.60. The van der Waals surface area contributed by atoms with Gasteiger partial charge in [0.1, 0.15) is 5.75 Å². The highest BCUT2D eigenvalue weighted by Gasteiger charge is 2.41. The van der Waals surface area contributed by atoms with E-state index >= 15 is 0 Å². The smallest absolute Gasteiger partial charge is 0.416 e. The lowest BCUT2D eigenvalue weighted by Crippen LogP contribution is -2.47. The van der Waals surface area contributed by atoms with Crippen LogP contribution in [0, 0.1) is 0 Å². The summed E-state index contributed by atoms with van der Waals surface area (Å²) in [6.45, 7) is 2.82. The Morgan fingerprint density at radius 1 is 0.976 bits per heavy atom. The molecular weight excluding hydrogens is 562 g/mol. The van der Waals surface area contributed by atoms with E-state index in [1.54, 1.807) is 26.0 Å². The van der Waals surface area contributed by atoms with Gasteiger partial charge >= 0.3 is 24.5 Å². The van der Waals surface area contributed by atoms with Gasteiger partial charge in [0.2, 0.25) is 0 Å². The van der Waals surface area contributed by atoms with Gasteiger partial charge in [-0.3, -0.25) is 9.80 Å². The number of benzene rings is 2. The van der Waals surface area contributed by atoms with Crippen LogP contribution in [0.4, 0.5) is 41.6 Å². The van der Waals surface area contributed by atoms with Crippen molar-refractivity contribution in [2.24, 2.45) is 0 Å². The van der Waals surface area contributed by atoms with Gasteiger partial charge in [0.15, 0.2) is 0 Å². The molecule has 2 aromatic carbocycles. The van der Waals surface area contributed by atoms with Gasteiger partial charge in [-0.05, 0) is 56.2 Å². The molecule has 1 heterocycles. The first kappa shape index (κ1) is 31.8. The van der Waals surface area contributed by atoms with Gasteiger partial charge in [0.05, 0.1) is 50.3 Å². The van der Waals surface area contributed by atoms with Crippen LogP contribution in [-0.2, 0) is 39.7 Å². The summed E-state index contributed by atoms with van der Waals surface area (Å²) >= 11 is 0. The number of carbonyl (C=O) groups excluding carboxylic acids is 2. The molecule has 0 fully saturated rings. The Bertz CT molecular complexity index is 1230. The number of hydrogen-bond donors (Lipinski definition) is 0. The fraction of sp³-hybridized carbons (Fsp3) is 0.481. The number of amides is 2. The molecule has 0 unspecified atom stereocenters. The van der Waals surface area contributed by atoms with E-state index in [-0.39, 0.29) is 25.7 Å². The van der Waals surface area contributed by atoms with Crippen molar-refractivity contribution in [3.8, 4) is 5.75 Å². The number of nitrogens with zero attached hydrogens (tertiary/aromatic N) is 2. The summed E-state index contributed by atoms with van der Waals surface area (Å²) in [5, 5.41) is 0. The van der Waals surface area contributed by atoms with Crippen LogP contribution in [0.5, 0.6) is 5.75 Å². The topological polar surface area (TPSA) is 77.5 Å². The SMILES string of the molecule is CCOC(=O)N1c2cc(COC)c(OC)cc2[C@@H](N(Cc2cc(C(F)(F)F)cc(C(F)(F)F)c2)C(=O)OC)C[C@H]1C. The molecule has 0 radical (unpaired) electrons. The molecule has 0 N–H and O–H groups in total. The second-order valence-corrected chi connectivity index (χ2v) is 9.34. The lowest BCUT2D eigenvalue weighted by Gasteiger charge is -2.43. The van der Waals surface area contributed by atoms with Crippen molar-refractivity contribution in [2.45, 2.75) is 57.9 Å². The van der Waals surface area contributed by atoms with Gasteiger partial charge in [0, 0.05) is 30.8 Å². The Labute approximate surface area is 232 Å². The zero-order valence-corrected chi connectivity index (χ0v) is 23.0. The summed E-state index contributed by atoms with van der Waals surface area (Å²) in [5.74, 6) is 0.331. The van der Waals surface area contributed by atoms with Crippen molar-refractivity contribution in [1.29, 1.82) is 0 Å². The number of hydrogen-bond acceptors (Lipinski definition) is 6. The molecule has 1 aliphatic heterocycles. The number of fused-ring (bicyclic) bond motifs is 1. The van der Waals surface area contributed by atoms with Crippen molar-refractivity contribution in [1.82, 2.24) is 4.90 Å². The molecule has 41 heavy (non-hydrogen) atoms. The first-order chi connectivity index (χ1) is 19.2.